The minimum Gasteiger partial charge on any atom is -0.369 e. The maximum atomic E-state index is 13.9. The first-order valence-corrected chi connectivity index (χ1v) is 6.04. The van der Waals surface area contributed by atoms with Crippen LogP contribution in [0.25, 0.3) is 0 Å². The summed E-state index contributed by atoms with van der Waals surface area (Å²) in [7, 11) is 0. The average Bonchev–Trinajstić information content (AvgIpc) is 2.58. The van der Waals surface area contributed by atoms with Crippen LogP contribution in [-0.2, 0) is 0 Å². The first kappa shape index (κ1) is 12.1. The van der Waals surface area contributed by atoms with Gasteiger partial charge in [-0.3, -0.25) is 4.79 Å². The van der Waals surface area contributed by atoms with Crippen molar-refractivity contribution >= 4 is 11.5 Å². The standard InChI is InChI=1S/C14H18FNO/c1-9-7-16(8-10(9)2)14-5-4-12(11(3)17)6-13(14)15/h4-6,9-10H,7-8H2,1-3H3. The van der Waals surface area contributed by atoms with Gasteiger partial charge in [0.25, 0.3) is 0 Å². The molecule has 0 aliphatic carbocycles. The molecule has 0 N–H and O–H groups in total. The summed E-state index contributed by atoms with van der Waals surface area (Å²) in [5, 5.41) is 0. The number of anilines is 1. The van der Waals surface area contributed by atoms with E-state index in [1.54, 1.807) is 12.1 Å². The molecule has 1 saturated heterocycles. The molecular weight excluding hydrogens is 217 g/mol. The molecule has 0 saturated carbocycles. The van der Waals surface area contributed by atoms with Crippen molar-refractivity contribution < 1.29 is 9.18 Å². The largest absolute Gasteiger partial charge is 0.369 e. The molecule has 92 valence electrons. The lowest BCUT2D eigenvalue weighted by molar-refractivity contribution is 0.101. The molecule has 0 aromatic heterocycles. The normalized spacial score (nSPS) is 24.1. The Labute approximate surface area is 101 Å². The summed E-state index contributed by atoms with van der Waals surface area (Å²) >= 11 is 0. The van der Waals surface area contributed by atoms with Crippen molar-refractivity contribution in [3.63, 3.8) is 0 Å². The predicted octanol–water partition coefficient (Wildman–Crippen LogP) is 3.12. The number of nitrogens with zero attached hydrogens (tertiary/aromatic N) is 1. The molecule has 1 fully saturated rings. The van der Waals surface area contributed by atoms with Gasteiger partial charge < -0.3 is 4.90 Å². The van der Waals surface area contributed by atoms with E-state index in [1.165, 1.54) is 13.0 Å². The Morgan fingerprint density at radius 3 is 2.35 bits per heavy atom. The van der Waals surface area contributed by atoms with Crippen molar-refractivity contribution in [1.29, 1.82) is 0 Å². The van der Waals surface area contributed by atoms with Gasteiger partial charge in [-0.1, -0.05) is 13.8 Å². The van der Waals surface area contributed by atoms with Gasteiger partial charge in [0, 0.05) is 18.7 Å². The minimum absolute atomic E-state index is 0.0985. The van der Waals surface area contributed by atoms with Gasteiger partial charge in [0.15, 0.2) is 5.78 Å². The Hall–Kier alpha value is -1.38. The van der Waals surface area contributed by atoms with Gasteiger partial charge in [-0.25, -0.2) is 4.39 Å². The molecule has 1 aliphatic rings. The number of ketones is 1. The van der Waals surface area contributed by atoms with Crippen molar-refractivity contribution in [2.24, 2.45) is 11.8 Å². The van der Waals surface area contributed by atoms with Crippen molar-refractivity contribution in [2.75, 3.05) is 18.0 Å². The summed E-state index contributed by atoms with van der Waals surface area (Å²) in [6.07, 6.45) is 0. The topological polar surface area (TPSA) is 20.3 Å². The highest BCUT2D eigenvalue weighted by Gasteiger charge is 2.27. The van der Waals surface area contributed by atoms with Crippen LogP contribution in [0.3, 0.4) is 0 Å². The van der Waals surface area contributed by atoms with Crippen LogP contribution in [0.4, 0.5) is 10.1 Å². The van der Waals surface area contributed by atoms with E-state index in [0.29, 0.717) is 23.1 Å². The Morgan fingerprint density at radius 1 is 1.29 bits per heavy atom. The van der Waals surface area contributed by atoms with E-state index >= 15 is 0 Å². The maximum absolute atomic E-state index is 13.9. The zero-order chi connectivity index (χ0) is 12.6. The molecule has 17 heavy (non-hydrogen) atoms. The molecule has 1 aliphatic heterocycles. The zero-order valence-corrected chi connectivity index (χ0v) is 10.5. The molecule has 1 heterocycles. The maximum Gasteiger partial charge on any atom is 0.159 e. The van der Waals surface area contributed by atoms with Crippen molar-refractivity contribution in [2.45, 2.75) is 20.8 Å². The third-order valence-electron chi connectivity index (χ3n) is 3.68. The average molecular weight is 235 g/mol. The van der Waals surface area contributed by atoms with E-state index in [9.17, 15) is 9.18 Å². The Balaban J connectivity index is 2.26. The number of Topliss-reactive ketones (excluding diaryl/α,β-unsaturated/α-hetero) is 1. The third kappa shape index (κ3) is 2.33. The lowest BCUT2D eigenvalue weighted by atomic mass is 10.0. The first-order chi connectivity index (χ1) is 7.99. The lowest BCUT2D eigenvalue weighted by Crippen LogP contribution is -2.20. The van der Waals surface area contributed by atoms with Gasteiger partial charge in [-0.2, -0.15) is 0 Å². The molecule has 2 nitrogen and oxygen atoms in total. The third-order valence-corrected chi connectivity index (χ3v) is 3.68. The van der Waals surface area contributed by atoms with Gasteiger partial charge >= 0.3 is 0 Å². The number of halogens is 1. The fourth-order valence-corrected chi connectivity index (χ4v) is 2.31. The molecule has 2 rings (SSSR count). The Bertz CT molecular complexity index is 434. The van der Waals surface area contributed by atoms with E-state index in [2.05, 4.69) is 18.7 Å². The van der Waals surface area contributed by atoms with E-state index in [0.717, 1.165) is 13.1 Å². The number of rotatable bonds is 2. The highest BCUT2D eigenvalue weighted by atomic mass is 19.1. The molecule has 0 spiro atoms. The second-order valence-corrected chi connectivity index (χ2v) is 5.08. The summed E-state index contributed by atoms with van der Waals surface area (Å²) < 4.78 is 13.9. The summed E-state index contributed by atoms with van der Waals surface area (Å²) in [6.45, 7) is 7.60. The summed E-state index contributed by atoms with van der Waals surface area (Å²) in [6, 6.07) is 4.76. The summed E-state index contributed by atoms with van der Waals surface area (Å²) in [4.78, 5) is 13.2. The SMILES string of the molecule is CC(=O)c1ccc(N2CC(C)C(C)C2)c(F)c1. The predicted molar refractivity (Wildman–Crippen MR) is 66.9 cm³/mol. The van der Waals surface area contributed by atoms with Crippen LogP contribution in [0.15, 0.2) is 18.2 Å². The fraction of sp³-hybridized carbons (Fsp3) is 0.500. The van der Waals surface area contributed by atoms with E-state index in [4.69, 9.17) is 0 Å². The van der Waals surface area contributed by atoms with Crippen molar-refractivity contribution in [3.05, 3.63) is 29.6 Å². The van der Waals surface area contributed by atoms with Gasteiger partial charge in [-0.15, -0.1) is 0 Å². The molecular formula is C14H18FNO. The molecule has 1 aromatic rings. The first-order valence-electron chi connectivity index (χ1n) is 6.04. The number of hydrogen-bond donors (Lipinski definition) is 0. The molecule has 3 heteroatoms. The zero-order valence-electron chi connectivity index (χ0n) is 10.5. The highest BCUT2D eigenvalue weighted by Crippen LogP contribution is 2.29. The second kappa shape index (κ2) is 4.47. The number of hydrogen-bond acceptors (Lipinski definition) is 2. The Morgan fingerprint density at radius 2 is 1.88 bits per heavy atom. The van der Waals surface area contributed by atoms with Crippen LogP contribution in [0.5, 0.6) is 0 Å². The quantitative estimate of drug-likeness (QED) is 0.734. The van der Waals surface area contributed by atoms with E-state index < -0.39 is 0 Å². The van der Waals surface area contributed by atoms with Gasteiger partial charge in [0.2, 0.25) is 0 Å². The van der Waals surface area contributed by atoms with Crippen LogP contribution in [0, 0.1) is 17.7 Å². The van der Waals surface area contributed by atoms with Gasteiger partial charge in [-0.05, 0) is 37.0 Å². The van der Waals surface area contributed by atoms with Crippen LogP contribution < -0.4 is 4.90 Å². The van der Waals surface area contributed by atoms with Gasteiger partial charge in [0.05, 0.1) is 5.69 Å². The summed E-state index contributed by atoms with van der Waals surface area (Å²) in [5.41, 5.74) is 1.05. The highest BCUT2D eigenvalue weighted by molar-refractivity contribution is 5.94. The Kier molecular flexibility index (Phi) is 3.18. The number of benzene rings is 1. The van der Waals surface area contributed by atoms with E-state index in [1.807, 2.05) is 0 Å². The van der Waals surface area contributed by atoms with Crippen molar-refractivity contribution in [1.82, 2.24) is 0 Å². The monoisotopic (exact) mass is 235 g/mol. The van der Waals surface area contributed by atoms with Crippen LogP contribution in [0.1, 0.15) is 31.1 Å². The lowest BCUT2D eigenvalue weighted by Gasteiger charge is -2.19. The molecule has 0 bridgehead atoms. The molecule has 0 radical (unpaired) electrons. The number of carbonyl (C=O) groups excluding carboxylic acids is 1. The smallest absolute Gasteiger partial charge is 0.159 e. The fourth-order valence-electron chi connectivity index (χ4n) is 2.31. The number of carbonyl (C=O) groups is 1. The summed E-state index contributed by atoms with van der Waals surface area (Å²) in [5.74, 6) is 0.779. The minimum atomic E-state index is -0.293. The van der Waals surface area contributed by atoms with Crippen molar-refractivity contribution in [3.8, 4) is 0 Å². The van der Waals surface area contributed by atoms with E-state index in [-0.39, 0.29) is 11.6 Å². The molecule has 2 unspecified atom stereocenters. The van der Waals surface area contributed by atoms with Crippen LogP contribution in [0.2, 0.25) is 0 Å². The molecule has 0 amide bonds. The second-order valence-electron chi connectivity index (χ2n) is 5.08. The molecule has 1 aromatic carbocycles. The van der Waals surface area contributed by atoms with Crippen LogP contribution >= 0.6 is 0 Å². The van der Waals surface area contributed by atoms with Crippen LogP contribution in [-0.4, -0.2) is 18.9 Å². The van der Waals surface area contributed by atoms with Gasteiger partial charge in [0.1, 0.15) is 5.82 Å². The molecule has 2 atom stereocenters.